The van der Waals surface area contributed by atoms with E-state index < -0.39 is 0 Å². The van der Waals surface area contributed by atoms with Crippen LogP contribution in [0.15, 0.2) is 24.3 Å². The lowest BCUT2D eigenvalue weighted by Gasteiger charge is -2.20. The topological polar surface area (TPSA) is 46.6 Å². The maximum absolute atomic E-state index is 12.5. The first kappa shape index (κ1) is 14.1. The predicted octanol–water partition coefficient (Wildman–Crippen LogP) is 2.23. The maximum Gasteiger partial charge on any atom is 0.311 e. The standard InChI is InChI=1S/C17H21NO3/c1-17(2,3)13-6-4-11(5-7-13)15(19)18-8-12-10-21-16(20)14(12)9-18/h4-7,12,14H,8-10H2,1-3H3/t12-,14-/m1/s1. The van der Waals surface area contributed by atoms with Gasteiger partial charge in [0.05, 0.1) is 12.5 Å². The van der Waals surface area contributed by atoms with Crippen molar-refractivity contribution in [2.45, 2.75) is 26.2 Å². The largest absolute Gasteiger partial charge is 0.465 e. The molecule has 2 atom stereocenters. The minimum atomic E-state index is -0.154. The molecule has 4 heteroatoms. The Kier molecular flexibility index (Phi) is 3.27. The summed E-state index contributed by atoms with van der Waals surface area (Å²) in [7, 11) is 0. The Morgan fingerprint density at radius 1 is 1.19 bits per heavy atom. The molecule has 2 aliphatic heterocycles. The van der Waals surface area contributed by atoms with Crippen molar-refractivity contribution in [3.05, 3.63) is 35.4 Å². The van der Waals surface area contributed by atoms with Crippen molar-refractivity contribution in [2.24, 2.45) is 11.8 Å². The summed E-state index contributed by atoms with van der Waals surface area (Å²) in [4.78, 5) is 25.9. The highest BCUT2D eigenvalue weighted by molar-refractivity contribution is 5.95. The Labute approximate surface area is 125 Å². The Hall–Kier alpha value is -1.84. The highest BCUT2D eigenvalue weighted by Gasteiger charge is 2.45. The van der Waals surface area contributed by atoms with Crippen LogP contribution in [0.1, 0.15) is 36.7 Å². The molecule has 1 aromatic rings. The van der Waals surface area contributed by atoms with Crippen molar-refractivity contribution < 1.29 is 14.3 Å². The molecule has 1 amide bonds. The highest BCUT2D eigenvalue weighted by atomic mass is 16.5. The third kappa shape index (κ3) is 2.55. The summed E-state index contributed by atoms with van der Waals surface area (Å²) < 4.78 is 5.03. The Balaban J connectivity index is 1.73. The molecule has 0 radical (unpaired) electrons. The van der Waals surface area contributed by atoms with E-state index in [4.69, 9.17) is 4.74 Å². The number of carbonyl (C=O) groups excluding carboxylic acids is 2. The number of cyclic esters (lactones) is 1. The maximum atomic E-state index is 12.5. The van der Waals surface area contributed by atoms with E-state index in [1.807, 2.05) is 24.3 Å². The third-order valence-corrected chi connectivity index (χ3v) is 4.47. The number of rotatable bonds is 1. The van der Waals surface area contributed by atoms with Gasteiger partial charge in [-0.1, -0.05) is 32.9 Å². The summed E-state index contributed by atoms with van der Waals surface area (Å²) in [5.41, 5.74) is 1.98. The molecule has 3 rings (SSSR count). The van der Waals surface area contributed by atoms with Crippen molar-refractivity contribution in [1.29, 1.82) is 0 Å². The van der Waals surface area contributed by atoms with Gasteiger partial charge in [0, 0.05) is 24.6 Å². The first-order chi connectivity index (χ1) is 9.86. The van der Waals surface area contributed by atoms with E-state index >= 15 is 0 Å². The van der Waals surface area contributed by atoms with Crippen LogP contribution in [0.25, 0.3) is 0 Å². The monoisotopic (exact) mass is 287 g/mol. The molecular formula is C17H21NO3. The molecule has 0 aromatic heterocycles. The van der Waals surface area contributed by atoms with Crippen molar-refractivity contribution in [2.75, 3.05) is 19.7 Å². The number of nitrogens with zero attached hydrogens (tertiary/aromatic N) is 1. The fourth-order valence-corrected chi connectivity index (χ4v) is 3.06. The number of fused-ring (bicyclic) bond motifs is 1. The molecule has 1 aromatic carbocycles. The van der Waals surface area contributed by atoms with Crippen molar-refractivity contribution in [3.8, 4) is 0 Å². The molecule has 0 N–H and O–H groups in total. The Morgan fingerprint density at radius 2 is 1.86 bits per heavy atom. The minimum absolute atomic E-state index is 0.0117. The molecule has 0 bridgehead atoms. The molecule has 112 valence electrons. The van der Waals surface area contributed by atoms with E-state index in [0.717, 1.165) is 0 Å². The smallest absolute Gasteiger partial charge is 0.311 e. The van der Waals surface area contributed by atoms with Crippen LogP contribution in [0.2, 0.25) is 0 Å². The summed E-state index contributed by atoms with van der Waals surface area (Å²) in [6, 6.07) is 7.79. The van der Waals surface area contributed by atoms with Gasteiger partial charge >= 0.3 is 5.97 Å². The van der Waals surface area contributed by atoms with Gasteiger partial charge in [-0.15, -0.1) is 0 Å². The number of hydrogen-bond acceptors (Lipinski definition) is 3. The number of hydrogen-bond donors (Lipinski definition) is 0. The van der Waals surface area contributed by atoms with Crippen LogP contribution in [-0.4, -0.2) is 36.5 Å². The van der Waals surface area contributed by atoms with E-state index in [1.54, 1.807) is 4.90 Å². The summed E-state index contributed by atoms with van der Waals surface area (Å²) in [6.45, 7) is 8.02. The zero-order valence-electron chi connectivity index (χ0n) is 12.8. The van der Waals surface area contributed by atoms with Gasteiger partial charge in [-0.05, 0) is 23.1 Å². The average molecular weight is 287 g/mol. The van der Waals surface area contributed by atoms with Crippen LogP contribution in [0.3, 0.4) is 0 Å². The lowest BCUT2D eigenvalue weighted by Crippen LogP contribution is -2.31. The molecule has 2 aliphatic rings. The van der Waals surface area contributed by atoms with E-state index in [2.05, 4.69) is 20.8 Å². The first-order valence-electron chi connectivity index (χ1n) is 7.43. The third-order valence-electron chi connectivity index (χ3n) is 4.47. The lowest BCUT2D eigenvalue weighted by molar-refractivity contribution is -0.141. The van der Waals surface area contributed by atoms with E-state index in [9.17, 15) is 9.59 Å². The lowest BCUT2D eigenvalue weighted by atomic mass is 9.86. The van der Waals surface area contributed by atoms with Crippen LogP contribution in [0.5, 0.6) is 0 Å². The molecule has 0 saturated carbocycles. The van der Waals surface area contributed by atoms with E-state index in [1.165, 1.54) is 5.56 Å². The molecule has 0 unspecified atom stereocenters. The van der Waals surface area contributed by atoms with E-state index in [-0.39, 0.29) is 29.1 Å². The molecule has 0 aliphatic carbocycles. The zero-order chi connectivity index (χ0) is 15.2. The predicted molar refractivity (Wildman–Crippen MR) is 79.0 cm³/mol. The van der Waals surface area contributed by atoms with Gasteiger partial charge in [-0.2, -0.15) is 0 Å². The van der Waals surface area contributed by atoms with Crippen LogP contribution in [-0.2, 0) is 14.9 Å². The first-order valence-corrected chi connectivity index (χ1v) is 7.43. The van der Waals surface area contributed by atoms with Crippen LogP contribution in [0.4, 0.5) is 0 Å². The fraction of sp³-hybridized carbons (Fsp3) is 0.529. The van der Waals surface area contributed by atoms with Crippen molar-refractivity contribution in [3.63, 3.8) is 0 Å². The summed E-state index contributed by atoms with van der Waals surface area (Å²) in [5, 5.41) is 0. The molecule has 21 heavy (non-hydrogen) atoms. The zero-order valence-corrected chi connectivity index (χ0v) is 12.8. The average Bonchev–Trinajstić information content (AvgIpc) is 3.00. The Morgan fingerprint density at radius 3 is 2.43 bits per heavy atom. The number of carbonyl (C=O) groups is 2. The van der Waals surface area contributed by atoms with Crippen LogP contribution >= 0.6 is 0 Å². The molecular weight excluding hydrogens is 266 g/mol. The van der Waals surface area contributed by atoms with Gasteiger partial charge in [0.15, 0.2) is 0 Å². The van der Waals surface area contributed by atoms with Gasteiger partial charge in [-0.3, -0.25) is 9.59 Å². The molecule has 4 nitrogen and oxygen atoms in total. The normalized spacial score (nSPS) is 24.9. The quantitative estimate of drug-likeness (QED) is 0.744. The number of ether oxygens (including phenoxy) is 1. The highest BCUT2D eigenvalue weighted by Crippen LogP contribution is 2.31. The second kappa shape index (κ2) is 4.86. The SMILES string of the molecule is CC(C)(C)c1ccc(C(=O)N2C[C@@H]3COC(=O)[C@@H]3C2)cc1. The van der Waals surface area contributed by atoms with Crippen molar-refractivity contribution >= 4 is 11.9 Å². The van der Waals surface area contributed by atoms with Gasteiger partial charge in [0.2, 0.25) is 0 Å². The van der Waals surface area contributed by atoms with Gasteiger partial charge in [-0.25, -0.2) is 0 Å². The van der Waals surface area contributed by atoms with Gasteiger partial charge in [0.25, 0.3) is 5.91 Å². The van der Waals surface area contributed by atoms with Gasteiger partial charge < -0.3 is 9.64 Å². The number of amides is 1. The number of likely N-dealkylation sites (tertiary alicyclic amines) is 1. The summed E-state index contributed by atoms with van der Waals surface area (Å²) in [5.74, 6) is -0.0888. The van der Waals surface area contributed by atoms with Crippen LogP contribution in [0, 0.1) is 11.8 Å². The summed E-state index contributed by atoms with van der Waals surface area (Å²) in [6.07, 6.45) is 0. The second-order valence-electron chi connectivity index (χ2n) is 7.03. The van der Waals surface area contributed by atoms with Crippen LogP contribution < -0.4 is 0 Å². The minimum Gasteiger partial charge on any atom is -0.465 e. The molecule has 2 heterocycles. The number of esters is 1. The Bertz CT molecular complexity index is 571. The molecule has 2 saturated heterocycles. The van der Waals surface area contributed by atoms with E-state index in [0.29, 0.717) is 25.3 Å². The molecule has 2 fully saturated rings. The van der Waals surface area contributed by atoms with Gasteiger partial charge in [0.1, 0.15) is 0 Å². The number of benzene rings is 1. The summed E-state index contributed by atoms with van der Waals surface area (Å²) >= 11 is 0. The molecule has 0 spiro atoms. The fourth-order valence-electron chi connectivity index (χ4n) is 3.06. The second-order valence-corrected chi connectivity index (χ2v) is 7.03. The van der Waals surface area contributed by atoms with Crippen molar-refractivity contribution in [1.82, 2.24) is 4.90 Å².